The summed E-state index contributed by atoms with van der Waals surface area (Å²) in [7, 11) is 2.06. The first-order chi connectivity index (χ1) is 9.61. The van der Waals surface area contributed by atoms with E-state index in [1.807, 2.05) is 11.0 Å². The fourth-order valence-electron chi connectivity index (χ4n) is 2.45. The number of H-pyrrole nitrogens is 1. The van der Waals surface area contributed by atoms with Gasteiger partial charge in [-0.05, 0) is 24.7 Å². The van der Waals surface area contributed by atoms with Gasteiger partial charge in [0, 0.05) is 26.2 Å². The quantitative estimate of drug-likeness (QED) is 0.863. The number of fused-ring (bicyclic) bond motifs is 1. The minimum absolute atomic E-state index is 0.128. The fraction of sp³-hybridized carbons (Fsp3) is 0.429. The van der Waals surface area contributed by atoms with Gasteiger partial charge in [0.2, 0.25) is 5.91 Å². The van der Waals surface area contributed by atoms with Gasteiger partial charge >= 0.3 is 5.76 Å². The van der Waals surface area contributed by atoms with E-state index in [1.165, 1.54) is 0 Å². The minimum Gasteiger partial charge on any atom is -0.408 e. The third kappa shape index (κ3) is 2.60. The van der Waals surface area contributed by atoms with Crippen LogP contribution in [0.1, 0.15) is 5.56 Å². The summed E-state index contributed by atoms with van der Waals surface area (Å²) in [6.07, 6.45) is 0.354. The summed E-state index contributed by atoms with van der Waals surface area (Å²) in [4.78, 5) is 30.0. The molecule has 3 rings (SSSR count). The van der Waals surface area contributed by atoms with Crippen LogP contribution in [0.2, 0.25) is 0 Å². The second-order valence-corrected chi connectivity index (χ2v) is 5.21. The van der Waals surface area contributed by atoms with Crippen LogP contribution in [0.5, 0.6) is 0 Å². The van der Waals surface area contributed by atoms with Gasteiger partial charge in [0.05, 0.1) is 11.9 Å². The molecule has 6 nitrogen and oxygen atoms in total. The number of aromatic nitrogens is 1. The Morgan fingerprint density at radius 1 is 1.30 bits per heavy atom. The molecule has 0 radical (unpaired) electrons. The van der Waals surface area contributed by atoms with Crippen LogP contribution in [-0.4, -0.2) is 53.9 Å². The smallest absolute Gasteiger partial charge is 0.408 e. The van der Waals surface area contributed by atoms with E-state index in [0.717, 1.165) is 31.7 Å². The number of carbonyl (C=O) groups excluding carboxylic acids is 1. The van der Waals surface area contributed by atoms with Gasteiger partial charge in [-0.25, -0.2) is 4.79 Å². The van der Waals surface area contributed by atoms with E-state index in [0.29, 0.717) is 17.5 Å². The fourth-order valence-corrected chi connectivity index (χ4v) is 2.45. The van der Waals surface area contributed by atoms with Crippen LogP contribution in [0.3, 0.4) is 0 Å². The number of carbonyl (C=O) groups is 1. The Balaban J connectivity index is 1.72. The first kappa shape index (κ1) is 12.9. The second kappa shape index (κ2) is 5.13. The lowest BCUT2D eigenvalue weighted by Gasteiger charge is -2.32. The minimum atomic E-state index is -0.470. The highest BCUT2D eigenvalue weighted by atomic mass is 16.4. The normalized spacial score (nSPS) is 16.8. The van der Waals surface area contributed by atoms with E-state index in [1.54, 1.807) is 12.1 Å². The third-order valence-electron chi connectivity index (χ3n) is 3.69. The van der Waals surface area contributed by atoms with Gasteiger partial charge in [0.15, 0.2) is 5.58 Å². The summed E-state index contributed by atoms with van der Waals surface area (Å²) in [6.45, 7) is 3.39. The van der Waals surface area contributed by atoms with E-state index in [4.69, 9.17) is 4.42 Å². The highest BCUT2D eigenvalue weighted by Crippen LogP contribution is 2.14. The molecule has 1 saturated heterocycles. The molecule has 20 heavy (non-hydrogen) atoms. The third-order valence-corrected chi connectivity index (χ3v) is 3.69. The maximum Gasteiger partial charge on any atom is 0.417 e. The topological polar surface area (TPSA) is 69.5 Å². The highest BCUT2D eigenvalue weighted by Gasteiger charge is 2.19. The number of aromatic amines is 1. The molecule has 0 aliphatic carbocycles. The molecule has 2 heterocycles. The average Bonchev–Trinajstić information content (AvgIpc) is 2.78. The second-order valence-electron chi connectivity index (χ2n) is 5.21. The van der Waals surface area contributed by atoms with Crippen LogP contribution < -0.4 is 5.76 Å². The van der Waals surface area contributed by atoms with Gasteiger partial charge in [-0.1, -0.05) is 6.07 Å². The van der Waals surface area contributed by atoms with Gasteiger partial charge < -0.3 is 14.2 Å². The van der Waals surface area contributed by atoms with Crippen LogP contribution >= 0.6 is 0 Å². The summed E-state index contributed by atoms with van der Waals surface area (Å²) < 4.78 is 4.94. The molecule has 0 unspecified atom stereocenters. The Hall–Kier alpha value is -2.08. The Bertz CT molecular complexity index is 680. The standard InChI is InChI=1S/C14H17N3O3/c1-16-4-6-17(7-5-16)13(18)9-10-2-3-12-11(8-10)15-14(19)20-12/h2-3,8H,4-7,9H2,1H3,(H,15,19). The van der Waals surface area contributed by atoms with Crippen molar-refractivity contribution in [2.45, 2.75) is 6.42 Å². The predicted octanol–water partition coefficient (Wildman–Crippen LogP) is 0.438. The number of hydrogen-bond donors (Lipinski definition) is 1. The van der Waals surface area contributed by atoms with E-state index in [2.05, 4.69) is 16.9 Å². The van der Waals surface area contributed by atoms with Crippen LogP contribution in [-0.2, 0) is 11.2 Å². The molecule has 1 fully saturated rings. The molecule has 0 bridgehead atoms. The molecule has 1 aliphatic rings. The zero-order valence-electron chi connectivity index (χ0n) is 11.4. The molecule has 6 heteroatoms. The van der Waals surface area contributed by atoms with Crippen LogP contribution in [0.25, 0.3) is 11.1 Å². The summed E-state index contributed by atoms with van der Waals surface area (Å²) in [5.41, 5.74) is 2.04. The van der Waals surface area contributed by atoms with Gasteiger partial charge in [0.25, 0.3) is 0 Å². The molecule has 0 spiro atoms. The summed E-state index contributed by atoms with van der Waals surface area (Å²) in [5, 5.41) is 0. The van der Waals surface area contributed by atoms with Crippen molar-refractivity contribution in [3.63, 3.8) is 0 Å². The number of benzene rings is 1. The molecule has 1 aliphatic heterocycles. The van der Waals surface area contributed by atoms with Crippen molar-refractivity contribution < 1.29 is 9.21 Å². The zero-order chi connectivity index (χ0) is 14.1. The summed E-state index contributed by atoms with van der Waals surface area (Å²) in [5.74, 6) is -0.342. The maximum absolute atomic E-state index is 12.2. The van der Waals surface area contributed by atoms with Gasteiger partial charge in [-0.3, -0.25) is 9.78 Å². The van der Waals surface area contributed by atoms with Crippen molar-refractivity contribution in [3.8, 4) is 0 Å². The predicted molar refractivity (Wildman–Crippen MR) is 74.6 cm³/mol. The van der Waals surface area contributed by atoms with Crippen LogP contribution in [0, 0.1) is 0 Å². The first-order valence-electron chi connectivity index (χ1n) is 6.70. The molecule has 1 aromatic heterocycles. The number of likely N-dealkylation sites (N-methyl/N-ethyl adjacent to an activating group) is 1. The Kier molecular flexibility index (Phi) is 3.31. The summed E-state index contributed by atoms with van der Waals surface area (Å²) >= 11 is 0. The lowest BCUT2D eigenvalue weighted by molar-refractivity contribution is -0.132. The van der Waals surface area contributed by atoms with E-state index >= 15 is 0 Å². The van der Waals surface area contributed by atoms with Gasteiger partial charge in [0.1, 0.15) is 0 Å². The first-order valence-corrected chi connectivity index (χ1v) is 6.70. The Morgan fingerprint density at radius 3 is 2.80 bits per heavy atom. The number of oxazole rings is 1. The van der Waals surface area contributed by atoms with E-state index in [-0.39, 0.29) is 5.91 Å². The number of hydrogen-bond acceptors (Lipinski definition) is 4. The van der Waals surface area contributed by atoms with Gasteiger partial charge in [-0.15, -0.1) is 0 Å². The number of piperazine rings is 1. The van der Waals surface area contributed by atoms with Crippen molar-refractivity contribution in [3.05, 3.63) is 34.3 Å². The summed E-state index contributed by atoms with van der Waals surface area (Å²) in [6, 6.07) is 5.35. The average molecular weight is 275 g/mol. The van der Waals surface area contributed by atoms with E-state index in [9.17, 15) is 9.59 Å². The Labute approximate surface area is 116 Å². The van der Waals surface area contributed by atoms with Crippen molar-refractivity contribution in [2.75, 3.05) is 33.2 Å². The SMILES string of the molecule is CN1CCN(C(=O)Cc2ccc3oc(=O)[nH]c3c2)CC1. The van der Waals surface area contributed by atoms with Gasteiger partial charge in [-0.2, -0.15) is 0 Å². The molecule has 106 valence electrons. The molecule has 1 amide bonds. The van der Waals surface area contributed by atoms with Crippen molar-refractivity contribution in [2.24, 2.45) is 0 Å². The highest BCUT2D eigenvalue weighted by molar-refractivity contribution is 5.81. The molecule has 2 aromatic rings. The monoisotopic (exact) mass is 275 g/mol. The van der Waals surface area contributed by atoms with Crippen LogP contribution in [0.15, 0.2) is 27.4 Å². The molecule has 0 saturated carbocycles. The molecule has 1 N–H and O–H groups in total. The number of nitrogens with zero attached hydrogens (tertiary/aromatic N) is 2. The number of nitrogens with one attached hydrogen (secondary N) is 1. The number of rotatable bonds is 2. The van der Waals surface area contributed by atoms with Crippen molar-refractivity contribution in [1.29, 1.82) is 0 Å². The van der Waals surface area contributed by atoms with Crippen LogP contribution in [0.4, 0.5) is 0 Å². The van der Waals surface area contributed by atoms with Crippen molar-refractivity contribution in [1.82, 2.24) is 14.8 Å². The number of amides is 1. The zero-order valence-corrected chi connectivity index (χ0v) is 11.4. The Morgan fingerprint density at radius 2 is 2.05 bits per heavy atom. The largest absolute Gasteiger partial charge is 0.417 e. The molecule has 1 aromatic carbocycles. The lowest BCUT2D eigenvalue weighted by atomic mass is 10.1. The molecular weight excluding hydrogens is 258 g/mol. The van der Waals surface area contributed by atoms with E-state index < -0.39 is 5.76 Å². The van der Waals surface area contributed by atoms with Crippen molar-refractivity contribution >= 4 is 17.0 Å². The lowest BCUT2D eigenvalue weighted by Crippen LogP contribution is -2.47. The maximum atomic E-state index is 12.2. The molecular formula is C14H17N3O3. The molecule has 0 atom stereocenters.